The number of H-pyrrole nitrogens is 1. The molecule has 0 aliphatic carbocycles. The lowest BCUT2D eigenvalue weighted by Gasteiger charge is -2.34. The highest BCUT2D eigenvalue weighted by Crippen LogP contribution is 2.41. The van der Waals surface area contributed by atoms with Crippen molar-refractivity contribution in [3.63, 3.8) is 0 Å². The van der Waals surface area contributed by atoms with Gasteiger partial charge in [0, 0.05) is 23.5 Å². The Hall–Kier alpha value is -1.33. The van der Waals surface area contributed by atoms with Crippen LogP contribution in [0.4, 0.5) is 0 Å². The van der Waals surface area contributed by atoms with E-state index in [1.54, 1.807) is 12.1 Å². The minimum atomic E-state index is -4.57. The summed E-state index contributed by atoms with van der Waals surface area (Å²) in [4.78, 5) is 21.3. The maximum absolute atomic E-state index is 11.1. The van der Waals surface area contributed by atoms with Gasteiger partial charge in [-0.15, -0.1) is 0 Å². The van der Waals surface area contributed by atoms with E-state index in [9.17, 15) is 4.57 Å². The summed E-state index contributed by atoms with van der Waals surface area (Å²) >= 11 is 0. The minimum absolute atomic E-state index is 0.219. The van der Waals surface area contributed by atoms with Crippen LogP contribution in [0.25, 0.3) is 10.9 Å². The molecule has 0 aliphatic heterocycles. The average molecular weight is 327 g/mol. The molecule has 22 heavy (non-hydrogen) atoms. The van der Waals surface area contributed by atoms with Crippen molar-refractivity contribution >= 4 is 18.7 Å². The molecular weight excluding hydrogens is 303 g/mol. The van der Waals surface area contributed by atoms with Gasteiger partial charge < -0.3 is 14.0 Å². The fourth-order valence-electron chi connectivity index (χ4n) is 2.29. The number of aromatic amines is 1. The molecule has 0 atom stereocenters. The highest BCUT2D eigenvalue weighted by atomic mass is 31.2. The van der Waals surface area contributed by atoms with Crippen molar-refractivity contribution in [3.05, 3.63) is 30.0 Å². The molecule has 0 radical (unpaired) electrons. The molecule has 3 N–H and O–H groups in total. The third kappa shape index (κ3) is 3.90. The number of hydrogen-bond donors (Lipinski definition) is 3. The molecule has 2 aromatic rings. The van der Waals surface area contributed by atoms with Gasteiger partial charge in [0.15, 0.2) is 0 Å². The van der Waals surface area contributed by atoms with Crippen LogP contribution >= 0.6 is 7.82 Å². The Balaban J connectivity index is 2.33. The minimum Gasteiger partial charge on any atom is -0.404 e. The molecule has 0 saturated heterocycles. The van der Waals surface area contributed by atoms with Crippen LogP contribution in [0.5, 0.6) is 5.75 Å². The number of hydrogen-bond acceptors (Lipinski definition) is 2. The average Bonchev–Trinajstić information content (AvgIpc) is 2.79. The summed E-state index contributed by atoms with van der Waals surface area (Å²) in [5, 5.41) is 0.745. The number of likely N-dealkylation sites (N-methyl/N-ethyl adjacent to an activating group) is 1. The fraction of sp³-hybridized carbons (Fsp3) is 0.467. The van der Waals surface area contributed by atoms with Crippen LogP contribution in [0, 0.1) is 0 Å². The van der Waals surface area contributed by atoms with E-state index in [1.165, 1.54) is 0 Å². The van der Waals surface area contributed by atoms with Crippen LogP contribution in [0.3, 0.4) is 0 Å². The van der Waals surface area contributed by atoms with Gasteiger partial charge in [-0.3, -0.25) is 9.79 Å². The van der Waals surface area contributed by atoms with Crippen molar-refractivity contribution in [2.45, 2.75) is 26.3 Å². The lowest BCUT2D eigenvalue weighted by atomic mass is 10.1. The zero-order chi connectivity index (χ0) is 16.5. The third-order valence-corrected chi connectivity index (χ3v) is 4.76. The molecule has 6 nitrogen and oxygen atoms in total. The number of phosphoric acid groups is 1. The van der Waals surface area contributed by atoms with Crippen molar-refractivity contribution in [1.29, 1.82) is 0 Å². The SMILES string of the molecule is CC(C)[N+](C)(C)CCc1c[nH]c2cccc(OP(=O)(O)O)c12. The van der Waals surface area contributed by atoms with E-state index in [2.05, 4.69) is 32.9 Å². The van der Waals surface area contributed by atoms with Gasteiger partial charge in [-0.05, 0) is 31.5 Å². The Labute approximate surface area is 130 Å². The molecule has 1 aromatic carbocycles. The highest BCUT2D eigenvalue weighted by Gasteiger charge is 2.22. The number of fused-ring (bicyclic) bond motifs is 1. The Morgan fingerprint density at radius 3 is 2.59 bits per heavy atom. The normalized spacial score (nSPS) is 13.0. The van der Waals surface area contributed by atoms with Crippen LogP contribution in [-0.4, -0.2) is 45.9 Å². The van der Waals surface area contributed by atoms with Gasteiger partial charge in [0.2, 0.25) is 0 Å². The molecule has 0 amide bonds. The van der Waals surface area contributed by atoms with Gasteiger partial charge >= 0.3 is 7.82 Å². The maximum atomic E-state index is 11.1. The smallest absolute Gasteiger partial charge is 0.404 e. The quantitative estimate of drug-likeness (QED) is 0.563. The van der Waals surface area contributed by atoms with Crippen molar-refractivity contribution < 1.29 is 23.4 Å². The molecular formula is C15H24N2O4P+. The fourth-order valence-corrected chi connectivity index (χ4v) is 2.70. The Morgan fingerprint density at radius 1 is 1.32 bits per heavy atom. The van der Waals surface area contributed by atoms with Crippen molar-refractivity contribution in [3.8, 4) is 5.75 Å². The third-order valence-electron chi connectivity index (χ3n) is 4.32. The predicted molar refractivity (Wildman–Crippen MR) is 86.8 cm³/mol. The number of phosphoric ester groups is 1. The van der Waals surface area contributed by atoms with Crippen LogP contribution < -0.4 is 4.52 Å². The van der Waals surface area contributed by atoms with E-state index in [-0.39, 0.29) is 5.75 Å². The van der Waals surface area contributed by atoms with Gasteiger partial charge in [0.05, 0.1) is 26.7 Å². The second-order valence-electron chi connectivity index (χ2n) is 6.42. The summed E-state index contributed by atoms with van der Waals surface area (Å²) in [7, 11) is -0.226. The Bertz CT molecular complexity index is 703. The topological polar surface area (TPSA) is 82.6 Å². The molecule has 1 aromatic heterocycles. The van der Waals surface area contributed by atoms with Crippen LogP contribution in [0.2, 0.25) is 0 Å². The first-order valence-electron chi connectivity index (χ1n) is 7.27. The van der Waals surface area contributed by atoms with Crippen molar-refractivity contribution in [2.24, 2.45) is 0 Å². The standard InChI is InChI=1S/C15H23N2O4P/c1-11(2)17(3,4)9-8-12-10-16-13-6-5-7-14(15(12)13)21-22(18,19)20/h5-7,10-11,16H,8-9H2,1-4H3,(H-,18,19,20)/p+1. The lowest BCUT2D eigenvalue weighted by molar-refractivity contribution is -0.910. The van der Waals surface area contributed by atoms with Crippen LogP contribution in [0.1, 0.15) is 19.4 Å². The molecule has 0 aliphatic rings. The van der Waals surface area contributed by atoms with Crippen molar-refractivity contribution in [1.82, 2.24) is 4.98 Å². The molecule has 7 heteroatoms. The number of nitrogens with zero attached hydrogens (tertiary/aromatic N) is 1. The summed E-state index contributed by atoms with van der Waals surface area (Å²) in [6, 6.07) is 5.66. The number of aromatic nitrogens is 1. The first-order valence-corrected chi connectivity index (χ1v) is 8.80. The van der Waals surface area contributed by atoms with E-state index in [0.29, 0.717) is 6.04 Å². The first-order chi connectivity index (χ1) is 10.1. The van der Waals surface area contributed by atoms with Gasteiger partial charge in [-0.2, -0.15) is 0 Å². The zero-order valence-electron chi connectivity index (χ0n) is 13.4. The van der Waals surface area contributed by atoms with E-state index in [0.717, 1.165) is 33.9 Å². The van der Waals surface area contributed by atoms with E-state index >= 15 is 0 Å². The summed E-state index contributed by atoms with van der Waals surface area (Å²) in [6.07, 6.45) is 2.68. The van der Waals surface area contributed by atoms with Crippen LogP contribution in [0.15, 0.2) is 24.4 Å². The number of nitrogens with one attached hydrogen (secondary N) is 1. The maximum Gasteiger partial charge on any atom is 0.524 e. The highest BCUT2D eigenvalue weighted by molar-refractivity contribution is 7.46. The first kappa shape index (κ1) is 17.0. The van der Waals surface area contributed by atoms with E-state index in [1.807, 2.05) is 12.3 Å². The number of benzene rings is 1. The van der Waals surface area contributed by atoms with Gasteiger partial charge in [0.25, 0.3) is 0 Å². The molecule has 122 valence electrons. The summed E-state index contributed by atoms with van der Waals surface area (Å²) in [5.41, 5.74) is 1.82. The summed E-state index contributed by atoms with van der Waals surface area (Å²) in [6.45, 7) is 5.28. The molecule has 0 saturated carbocycles. The van der Waals surface area contributed by atoms with E-state index in [4.69, 9.17) is 14.3 Å². The second kappa shape index (κ2) is 6.05. The van der Waals surface area contributed by atoms with Gasteiger partial charge in [0.1, 0.15) is 5.75 Å². The summed E-state index contributed by atoms with van der Waals surface area (Å²) in [5.74, 6) is 0.219. The number of quaternary nitrogens is 1. The largest absolute Gasteiger partial charge is 0.524 e. The van der Waals surface area contributed by atoms with Gasteiger partial charge in [-0.1, -0.05) is 6.07 Å². The second-order valence-corrected chi connectivity index (χ2v) is 7.58. The van der Waals surface area contributed by atoms with Crippen molar-refractivity contribution in [2.75, 3.05) is 20.6 Å². The monoisotopic (exact) mass is 327 g/mol. The van der Waals surface area contributed by atoms with E-state index < -0.39 is 7.82 Å². The molecule has 0 bridgehead atoms. The summed E-state index contributed by atoms with van der Waals surface area (Å²) < 4.78 is 16.8. The Kier molecular flexibility index (Phi) is 4.68. The molecule has 1 heterocycles. The molecule has 0 spiro atoms. The number of rotatable bonds is 6. The molecule has 2 rings (SSSR count). The van der Waals surface area contributed by atoms with Gasteiger partial charge in [-0.25, -0.2) is 4.57 Å². The van der Waals surface area contributed by atoms with Crippen LogP contribution in [-0.2, 0) is 11.0 Å². The Morgan fingerprint density at radius 2 is 2.00 bits per heavy atom. The zero-order valence-corrected chi connectivity index (χ0v) is 14.3. The molecule has 0 fully saturated rings. The predicted octanol–water partition coefficient (Wildman–Crippen LogP) is 2.67. The lowest BCUT2D eigenvalue weighted by Crippen LogP contribution is -2.47. The molecule has 0 unspecified atom stereocenters.